The number of carbonyl (C=O) groups is 1. The lowest BCUT2D eigenvalue weighted by Gasteiger charge is -2.19. The van der Waals surface area contributed by atoms with Crippen molar-refractivity contribution in [3.63, 3.8) is 0 Å². The third-order valence-electron chi connectivity index (χ3n) is 2.62. The Morgan fingerprint density at radius 1 is 1.29 bits per heavy atom. The zero-order valence-electron chi connectivity index (χ0n) is 9.77. The highest BCUT2D eigenvalue weighted by atomic mass is 79.9. The Balaban J connectivity index is 2.76. The van der Waals surface area contributed by atoms with Crippen LogP contribution in [0.25, 0.3) is 0 Å². The van der Waals surface area contributed by atoms with E-state index in [1.807, 2.05) is 13.8 Å². The first kappa shape index (κ1) is 13.8. The maximum absolute atomic E-state index is 11.8. The molecule has 94 valence electrons. The molecule has 2 atom stereocenters. The van der Waals surface area contributed by atoms with Crippen molar-refractivity contribution in [3.8, 4) is 11.5 Å². The molecule has 0 aliphatic carbocycles. The molecular formula is C12H16BrNO3. The molecule has 3 N–H and O–H groups in total. The van der Waals surface area contributed by atoms with Crippen LogP contribution in [0.15, 0.2) is 18.2 Å². The van der Waals surface area contributed by atoms with Crippen LogP contribution in [0.4, 0.5) is 0 Å². The van der Waals surface area contributed by atoms with Gasteiger partial charge in [0.05, 0.1) is 0 Å². The van der Waals surface area contributed by atoms with Gasteiger partial charge in [0, 0.05) is 23.0 Å². The van der Waals surface area contributed by atoms with Gasteiger partial charge in [-0.2, -0.15) is 0 Å². The quantitative estimate of drug-likeness (QED) is 0.747. The van der Waals surface area contributed by atoms with E-state index >= 15 is 0 Å². The van der Waals surface area contributed by atoms with Crippen LogP contribution in [-0.4, -0.2) is 27.5 Å². The summed E-state index contributed by atoms with van der Waals surface area (Å²) in [4.78, 5) is 11.8. The average Bonchev–Trinajstić information content (AvgIpc) is 2.26. The fourth-order valence-corrected chi connectivity index (χ4v) is 1.85. The molecule has 0 fully saturated rings. The van der Waals surface area contributed by atoms with E-state index < -0.39 is 0 Å². The summed E-state index contributed by atoms with van der Waals surface area (Å²) in [5.41, 5.74) is 0.246. The molecule has 0 radical (unpaired) electrons. The predicted octanol–water partition coefficient (Wildman–Crippen LogP) is 2.25. The van der Waals surface area contributed by atoms with E-state index in [1.165, 1.54) is 18.2 Å². The Bertz CT molecular complexity index is 388. The van der Waals surface area contributed by atoms with Crippen molar-refractivity contribution in [2.45, 2.75) is 19.9 Å². The Labute approximate surface area is 109 Å². The second-order valence-electron chi connectivity index (χ2n) is 4.13. The lowest BCUT2D eigenvalue weighted by molar-refractivity contribution is 0.0930. The van der Waals surface area contributed by atoms with Crippen molar-refractivity contribution in [1.82, 2.24) is 5.32 Å². The molecule has 0 spiro atoms. The molecule has 17 heavy (non-hydrogen) atoms. The van der Waals surface area contributed by atoms with Crippen LogP contribution in [-0.2, 0) is 0 Å². The molecule has 0 aromatic heterocycles. The van der Waals surface area contributed by atoms with Crippen molar-refractivity contribution in [3.05, 3.63) is 23.8 Å². The van der Waals surface area contributed by atoms with Crippen LogP contribution in [0.5, 0.6) is 11.5 Å². The number of hydrogen-bond donors (Lipinski definition) is 3. The molecule has 0 aliphatic rings. The first-order valence-electron chi connectivity index (χ1n) is 5.34. The summed E-state index contributed by atoms with van der Waals surface area (Å²) in [5, 5.41) is 22.2. The lowest BCUT2D eigenvalue weighted by Crippen LogP contribution is -2.37. The third kappa shape index (κ3) is 3.93. The molecule has 0 saturated carbocycles. The van der Waals surface area contributed by atoms with Gasteiger partial charge >= 0.3 is 0 Å². The van der Waals surface area contributed by atoms with Crippen molar-refractivity contribution < 1.29 is 15.0 Å². The third-order valence-corrected chi connectivity index (χ3v) is 3.64. The Hall–Kier alpha value is -1.23. The topological polar surface area (TPSA) is 69.6 Å². The van der Waals surface area contributed by atoms with E-state index in [1.54, 1.807) is 0 Å². The number of benzene rings is 1. The smallest absolute Gasteiger partial charge is 0.251 e. The van der Waals surface area contributed by atoms with Gasteiger partial charge in [-0.3, -0.25) is 4.79 Å². The number of amides is 1. The number of halogens is 1. The molecule has 0 saturated heterocycles. The zero-order valence-corrected chi connectivity index (χ0v) is 11.4. The number of carbonyl (C=O) groups excluding carboxylic acids is 1. The minimum atomic E-state index is -0.309. The van der Waals surface area contributed by atoms with Gasteiger partial charge in [-0.1, -0.05) is 22.9 Å². The SMILES string of the molecule is CC(CBr)C(C)NC(=O)c1cc(O)cc(O)c1. The molecule has 1 aromatic rings. The van der Waals surface area contributed by atoms with E-state index in [0.717, 1.165) is 5.33 Å². The van der Waals surface area contributed by atoms with Gasteiger partial charge in [0.2, 0.25) is 0 Å². The fourth-order valence-electron chi connectivity index (χ4n) is 1.29. The van der Waals surface area contributed by atoms with Crippen LogP contribution < -0.4 is 5.32 Å². The van der Waals surface area contributed by atoms with E-state index in [9.17, 15) is 15.0 Å². The van der Waals surface area contributed by atoms with Crippen molar-refractivity contribution in [2.24, 2.45) is 5.92 Å². The van der Waals surface area contributed by atoms with E-state index in [2.05, 4.69) is 21.2 Å². The largest absolute Gasteiger partial charge is 0.508 e. The zero-order chi connectivity index (χ0) is 13.0. The number of nitrogens with one attached hydrogen (secondary N) is 1. The van der Waals surface area contributed by atoms with Gasteiger partial charge in [0.15, 0.2) is 0 Å². The van der Waals surface area contributed by atoms with E-state index in [-0.39, 0.29) is 29.0 Å². The van der Waals surface area contributed by atoms with Gasteiger partial charge in [0.25, 0.3) is 5.91 Å². The van der Waals surface area contributed by atoms with Gasteiger partial charge in [-0.25, -0.2) is 0 Å². The van der Waals surface area contributed by atoms with Gasteiger partial charge < -0.3 is 15.5 Å². The summed E-state index contributed by atoms with van der Waals surface area (Å²) in [7, 11) is 0. The second-order valence-corrected chi connectivity index (χ2v) is 4.78. The maximum Gasteiger partial charge on any atom is 0.251 e. The van der Waals surface area contributed by atoms with Crippen LogP contribution in [0.1, 0.15) is 24.2 Å². The standard InChI is InChI=1S/C12H16BrNO3/c1-7(6-13)8(2)14-12(17)9-3-10(15)5-11(16)4-9/h3-5,7-8,15-16H,6H2,1-2H3,(H,14,17). The molecule has 0 heterocycles. The summed E-state index contributed by atoms with van der Waals surface area (Å²) in [6.45, 7) is 3.92. The number of phenolic OH excluding ortho intramolecular Hbond substituents is 2. The van der Waals surface area contributed by atoms with Crippen molar-refractivity contribution >= 4 is 21.8 Å². The van der Waals surface area contributed by atoms with Crippen LogP contribution in [0.3, 0.4) is 0 Å². The predicted molar refractivity (Wildman–Crippen MR) is 69.7 cm³/mol. The average molecular weight is 302 g/mol. The monoisotopic (exact) mass is 301 g/mol. The summed E-state index contributed by atoms with van der Waals surface area (Å²) in [6, 6.07) is 3.83. The minimum absolute atomic E-state index is 0.00590. The van der Waals surface area contributed by atoms with E-state index in [0.29, 0.717) is 5.92 Å². The van der Waals surface area contributed by atoms with Crippen LogP contribution in [0, 0.1) is 5.92 Å². The van der Waals surface area contributed by atoms with Gasteiger partial charge in [0.1, 0.15) is 11.5 Å². The minimum Gasteiger partial charge on any atom is -0.508 e. The number of hydrogen-bond acceptors (Lipinski definition) is 3. The summed E-state index contributed by atoms with van der Waals surface area (Å²) >= 11 is 3.35. The maximum atomic E-state index is 11.8. The highest BCUT2D eigenvalue weighted by molar-refractivity contribution is 9.09. The van der Waals surface area contributed by atoms with Crippen LogP contribution in [0.2, 0.25) is 0 Å². The molecule has 1 amide bonds. The summed E-state index contributed by atoms with van der Waals surface area (Å²) in [5.74, 6) is -0.269. The first-order valence-corrected chi connectivity index (χ1v) is 6.46. The molecule has 5 heteroatoms. The first-order chi connectivity index (χ1) is 7.93. The van der Waals surface area contributed by atoms with Gasteiger partial charge in [-0.05, 0) is 25.0 Å². The molecule has 4 nitrogen and oxygen atoms in total. The second kappa shape index (κ2) is 5.91. The Kier molecular flexibility index (Phi) is 4.81. The fraction of sp³-hybridized carbons (Fsp3) is 0.417. The van der Waals surface area contributed by atoms with Crippen molar-refractivity contribution in [2.75, 3.05) is 5.33 Å². The number of phenols is 2. The number of aromatic hydroxyl groups is 2. The lowest BCUT2D eigenvalue weighted by atomic mass is 10.1. The van der Waals surface area contributed by atoms with E-state index in [4.69, 9.17) is 0 Å². The van der Waals surface area contributed by atoms with Crippen LogP contribution >= 0.6 is 15.9 Å². The molecule has 0 aliphatic heterocycles. The molecular weight excluding hydrogens is 286 g/mol. The molecule has 1 rings (SSSR count). The Morgan fingerprint density at radius 3 is 2.29 bits per heavy atom. The number of rotatable bonds is 4. The summed E-state index contributed by atoms with van der Waals surface area (Å²) in [6.07, 6.45) is 0. The molecule has 0 bridgehead atoms. The number of alkyl halides is 1. The highest BCUT2D eigenvalue weighted by Gasteiger charge is 2.15. The molecule has 1 aromatic carbocycles. The molecule has 2 unspecified atom stereocenters. The Morgan fingerprint density at radius 2 is 1.82 bits per heavy atom. The highest BCUT2D eigenvalue weighted by Crippen LogP contribution is 2.20. The normalized spacial score (nSPS) is 14.1. The van der Waals surface area contributed by atoms with Gasteiger partial charge in [-0.15, -0.1) is 0 Å². The summed E-state index contributed by atoms with van der Waals surface area (Å²) < 4.78 is 0. The van der Waals surface area contributed by atoms with Crippen molar-refractivity contribution in [1.29, 1.82) is 0 Å².